The number of nitrogens with zero attached hydrogens (tertiary/aromatic N) is 3. The fourth-order valence-corrected chi connectivity index (χ4v) is 3.17. The van der Waals surface area contributed by atoms with Gasteiger partial charge in [-0.05, 0) is 29.8 Å². The Bertz CT molecular complexity index is 1040. The number of aromatic nitrogens is 3. The minimum atomic E-state index is -4.51. The summed E-state index contributed by atoms with van der Waals surface area (Å²) in [6.45, 7) is 1.11. The number of carbonyl (C=O) groups is 1. The van der Waals surface area contributed by atoms with Crippen molar-refractivity contribution in [1.29, 1.82) is 0 Å². The molecule has 0 aliphatic carbocycles. The lowest BCUT2D eigenvalue weighted by Crippen LogP contribution is -2.31. The van der Waals surface area contributed by atoms with E-state index in [-0.39, 0.29) is 17.0 Å². The molecule has 0 fully saturated rings. The van der Waals surface area contributed by atoms with E-state index in [1.165, 1.54) is 30.5 Å². The summed E-state index contributed by atoms with van der Waals surface area (Å²) in [6, 6.07) is 7.01. The van der Waals surface area contributed by atoms with E-state index in [4.69, 9.17) is 4.74 Å². The van der Waals surface area contributed by atoms with E-state index in [1.807, 2.05) is 0 Å². The van der Waals surface area contributed by atoms with Crippen LogP contribution >= 0.6 is 0 Å². The van der Waals surface area contributed by atoms with Crippen LogP contribution < -0.4 is 10.1 Å². The molecular weight excluding hydrogens is 404 g/mol. The largest absolute Gasteiger partial charge is 0.478 e. The van der Waals surface area contributed by atoms with Gasteiger partial charge < -0.3 is 10.1 Å². The number of amides is 1. The van der Waals surface area contributed by atoms with Crippen molar-refractivity contribution in [3.63, 3.8) is 0 Å². The van der Waals surface area contributed by atoms with Gasteiger partial charge in [-0.15, -0.1) is 0 Å². The Morgan fingerprint density at radius 2 is 1.97 bits per heavy atom. The number of benzene rings is 1. The van der Waals surface area contributed by atoms with E-state index in [0.29, 0.717) is 19.0 Å². The van der Waals surface area contributed by atoms with E-state index < -0.39 is 29.5 Å². The number of rotatable bonds is 4. The Hall–Kier alpha value is -3.43. The molecule has 6 nitrogen and oxygen atoms in total. The van der Waals surface area contributed by atoms with Crippen molar-refractivity contribution in [3.05, 3.63) is 77.0 Å². The number of aryl methyl sites for hydroxylation is 1. The van der Waals surface area contributed by atoms with E-state index >= 15 is 0 Å². The van der Waals surface area contributed by atoms with Gasteiger partial charge in [0.05, 0.1) is 18.2 Å². The zero-order valence-corrected chi connectivity index (χ0v) is 15.5. The molecule has 0 bridgehead atoms. The van der Waals surface area contributed by atoms with E-state index in [1.54, 1.807) is 4.68 Å². The zero-order valence-electron chi connectivity index (χ0n) is 15.5. The van der Waals surface area contributed by atoms with Crippen LogP contribution in [0.2, 0.25) is 0 Å². The first-order chi connectivity index (χ1) is 14.3. The molecule has 3 heterocycles. The number of hydrogen-bond donors (Lipinski definition) is 1. The fraction of sp³-hybridized carbons (Fsp3) is 0.250. The number of halogens is 4. The molecule has 1 atom stereocenters. The molecule has 0 spiro atoms. The second-order valence-corrected chi connectivity index (χ2v) is 6.69. The van der Waals surface area contributed by atoms with Crippen LogP contribution in [0.4, 0.5) is 17.6 Å². The third-order valence-electron chi connectivity index (χ3n) is 4.65. The summed E-state index contributed by atoms with van der Waals surface area (Å²) >= 11 is 0. The normalized spacial score (nSPS) is 14.5. The monoisotopic (exact) mass is 420 g/mol. The summed E-state index contributed by atoms with van der Waals surface area (Å²) in [4.78, 5) is 16.8. The van der Waals surface area contributed by atoms with E-state index in [2.05, 4.69) is 15.4 Å². The molecule has 1 aromatic carbocycles. The van der Waals surface area contributed by atoms with E-state index in [0.717, 1.165) is 24.6 Å². The molecule has 3 aromatic rings. The van der Waals surface area contributed by atoms with Gasteiger partial charge in [-0.1, -0.05) is 12.1 Å². The fourth-order valence-electron chi connectivity index (χ4n) is 3.17. The molecule has 0 saturated carbocycles. The summed E-state index contributed by atoms with van der Waals surface area (Å²) in [5.74, 6) is -0.882. The molecule has 4 rings (SSSR count). The number of hydrogen-bond acceptors (Lipinski definition) is 4. The van der Waals surface area contributed by atoms with Crippen LogP contribution in [0, 0.1) is 5.82 Å². The highest BCUT2D eigenvalue weighted by atomic mass is 19.4. The number of pyridine rings is 1. The lowest BCUT2D eigenvalue weighted by atomic mass is 10.0. The first-order valence-corrected chi connectivity index (χ1v) is 9.12. The Labute approximate surface area is 168 Å². The van der Waals surface area contributed by atoms with Gasteiger partial charge in [0.15, 0.2) is 5.69 Å². The lowest BCUT2D eigenvalue weighted by molar-refractivity contribution is -0.137. The maximum Gasteiger partial charge on any atom is 0.416 e. The molecule has 1 amide bonds. The van der Waals surface area contributed by atoms with Crippen molar-refractivity contribution in [2.75, 3.05) is 6.61 Å². The number of carbonyl (C=O) groups excluding carboxylic acids is 1. The number of ether oxygens (including phenoxy) is 1. The number of alkyl halides is 3. The Morgan fingerprint density at radius 1 is 1.20 bits per heavy atom. The SMILES string of the molecule is O=C(N[C@@H](c1ccc(C(F)(F)F)cc1)c1ncccc1F)c1cc2n(n1)CCCO2. The Morgan fingerprint density at radius 3 is 2.63 bits per heavy atom. The third kappa shape index (κ3) is 3.98. The van der Waals surface area contributed by atoms with Crippen molar-refractivity contribution in [1.82, 2.24) is 20.1 Å². The number of nitrogens with one attached hydrogen (secondary N) is 1. The van der Waals surface area contributed by atoms with Gasteiger partial charge in [0, 0.05) is 25.2 Å². The first kappa shape index (κ1) is 19.9. The average Bonchev–Trinajstić information content (AvgIpc) is 3.16. The maximum atomic E-state index is 14.4. The predicted octanol–water partition coefficient (Wildman–Crippen LogP) is 3.74. The van der Waals surface area contributed by atoms with Gasteiger partial charge >= 0.3 is 6.18 Å². The molecular formula is C20H16F4N4O2. The Balaban J connectivity index is 1.66. The highest BCUT2D eigenvalue weighted by Crippen LogP contribution is 2.31. The second-order valence-electron chi connectivity index (χ2n) is 6.69. The third-order valence-corrected chi connectivity index (χ3v) is 4.65. The highest BCUT2D eigenvalue weighted by molar-refractivity contribution is 5.93. The summed E-state index contributed by atoms with van der Waals surface area (Å²) in [6.07, 6.45) is -2.42. The zero-order chi connectivity index (χ0) is 21.3. The van der Waals surface area contributed by atoms with Crippen LogP contribution in [-0.4, -0.2) is 27.3 Å². The molecule has 1 N–H and O–H groups in total. The van der Waals surface area contributed by atoms with Crippen molar-refractivity contribution in [2.45, 2.75) is 25.2 Å². The van der Waals surface area contributed by atoms with Gasteiger partial charge in [0.25, 0.3) is 5.91 Å². The quantitative estimate of drug-likeness (QED) is 0.653. The van der Waals surface area contributed by atoms with Gasteiger partial charge in [0.2, 0.25) is 5.88 Å². The molecule has 2 aromatic heterocycles. The topological polar surface area (TPSA) is 69.0 Å². The van der Waals surface area contributed by atoms with Gasteiger partial charge in [0.1, 0.15) is 11.5 Å². The molecule has 0 saturated heterocycles. The van der Waals surface area contributed by atoms with Crippen LogP contribution in [0.3, 0.4) is 0 Å². The van der Waals surface area contributed by atoms with Crippen molar-refractivity contribution in [3.8, 4) is 5.88 Å². The summed E-state index contributed by atoms with van der Waals surface area (Å²) in [5.41, 5.74) is -0.670. The predicted molar refractivity (Wildman–Crippen MR) is 97.3 cm³/mol. The highest BCUT2D eigenvalue weighted by Gasteiger charge is 2.31. The lowest BCUT2D eigenvalue weighted by Gasteiger charge is -2.19. The minimum absolute atomic E-state index is 0.0557. The first-order valence-electron chi connectivity index (χ1n) is 9.12. The maximum absolute atomic E-state index is 14.4. The minimum Gasteiger partial charge on any atom is -0.478 e. The van der Waals surface area contributed by atoms with Crippen LogP contribution in [0.25, 0.3) is 0 Å². The molecule has 0 radical (unpaired) electrons. The summed E-state index contributed by atoms with van der Waals surface area (Å²) in [5, 5.41) is 6.80. The standard InChI is InChI=1S/C20H16F4N4O2/c21-14-3-1-8-25-18(14)17(12-4-6-13(7-5-12)20(22,23)24)26-19(29)15-11-16-28(27-15)9-2-10-30-16/h1,3-8,11,17H,2,9-10H2,(H,26,29)/t17-/m0/s1. The van der Waals surface area contributed by atoms with Crippen molar-refractivity contribution in [2.24, 2.45) is 0 Å². The van der Waals surface area contributed by atoms with Crippen molar-refractivity contribution >= 4 is 5.91 Å². The average molecular weight is 420 g/mol. The molecule has 30 heavy (non-hydrogen) atoms. The smallest absolute Gasteiger partial charge is 0.416 e. The molecule has 156 valence electrons. The number of fused-ring (bicyclic) bond motifs is 1. The van der Waals surface area contributed by atoms with Gasteiger partial charge in [-0.2, -0.15) is 18.3 Å². The summed E-state index contributed by atoms with van der Waals surface area (Å²) < 4.78 is 60.0. The van der Waals surface area contributed by atoms with Crippen LogP contribution in [0.1, 0.15) is 39.8 Å². The molecule has 1 aliphatic heterocycles. The molecule has 10 heteroatoms. The van der Waals surface area contributed by atoms with E-state index in [9.17, 15) is 22.4 Å². The van der Waals surface area contributed by atoms with Crippen LogP contribution in [0.15, 0.2) is 48.7 Å². The molecule has 1 aliphatic rings. The van der Waals surface area contributed by atoms with Crippen LogP contribution in [0.5, 0.6) is 5.88 Å². The van der Waals surface area contributed by atoms with Gasteiger partial charge in [-0.3, -0.25) is 9.78 Å². The summed E-state index contributed by atoms with van der Waals surface area (Å²) in [7, 11) is 0. The molecule has 0 unspecified atom stereocenters. The second kappa shape index (κ2) is 7.77. The van der Waals surface area contributed by atoms with Gasteiger partial charge in [-0.25, -0.2) is 9.07 Å². The van der Waals surface area contributed by atoms with Crippen LogP contribution in [-0.2, 0) is 12.7 Å². The van der Waals surface area contributed by atoms with Crippen molar-refractivity contribution < 1.29 is 27.1 Å². The Kier molecular flexibility index (Phi) is 5.15.